The van der Waals surface area contributed by atoms with Gasteiger partial charge in [0, 0.05) is 49.6 Å². The Morgan fingerprint density at radius 2 is 1.56 bits per heavy atom. The fourth-order valence-electron chi connectivity index (χ4n) is 4.05. The molecule has 15 heteroatoms. The minimum atomic E-state index is -4.07. The number of pyridine rings is 1. The number of nitrogens with zero attached hydrogens (tertiary/aromatic N) is 5. The SMILES string of the molecule is Cl.Cl.Cl.O=C(O)c1cc(N2CCN(c3ncccn3)CC2)nc2ccc(NS(=O)(=O)c3cccc(F)c3)cc12. The van der Waals surface area contributed by atoms with Crippen molar-refractivity contribution in [2.45, 2.75) is 4.90 Å². The molecular weight excluding hydrogens is 594 g/mol. The fourth-order valence-corrected chi connectivity index (χ4v) is 5.13. The second-order valence-corrected chi connectivity index (χ2v) is 9.83. The number of nitrogens with one attached hydrogen (secondary N) is 1. The second-order valence-electron chi connectivity index (χ2n) is 8.15. The van der Waals surface area contributed by atoms with Crippen LogP contribution in [0.4, 0.5) is 21.8 Å². The largest absolute Gasteiger partial charge is 0.478 e. The predicted octanol–water partition coefficient (Wildman–Crippen LogP) is 4.25. The lowest BCUT2D eigenvalue weighted by atomic mass is 10.1. The highest BCUT2D eigenvalue weighted by Gasteiger charge is 2.23. The molecule has 10 nitrogen and oxygen atoms in total. The van der Waals surface area contributed by atoms with E-state index in [4.69, 9.17) is 0 Å². The number of benzene rings is 2. The van der Waals surface area contributed by atoms with Crippen LogP contribution in [0, 0.1) is 5.82 Å². The van der Waals surface area contributed by atoms with Crippen LogP contribution in [-0.4, -0.2) is 60.6 Å². The molecule has 0 radical (unpaired) electrons. The van der Waals surface area contributed by atoms with E-state index in [9.17, 15) is 22.7 Å². The van der Waals surface area contributed by atoms with Gasteiger partial charge in [0.2, 0.25) is 5.95 Å². The first kappa shape index (κ1) is 31.8. The number of carbonyl (C=O) groups is 1. The van der Waals surface area contributed by atoms with Crippen LogP contribution in [-0.2, 0) is 10.0 Å². The molecule has 0 spiro atoms. The van der Waals surface area contributed by atoms with Gasteiger partial charge in [0.1, 0.15) is 11.6 Å². The van der Waals surface area contributed by atoms with Crippen molar-refractivity contribution in [3.8, 4) is 0 Å². The highest BCUT2D eigenvalue weighted by atomic mass is 35.5. The molecule has 0 saturated carbocycles. The lowest BCUT2D eigenvalue weighted by Crippen LogP contribution is -2.47. The number of sulfonamides is 1. The summed E-state index contributed by atoms with van der Waals surface area (Å²) in [6.07, 6.45) is 3.37. The zero-order valence-corrected chi connectivity index (χ0v) is 23.4. The Morgan fingerprint density at radius 1 is 0.897 bits per heavy atom. The van der Waals surface area contributed by atoms with Crippen LogP contribution in [0.25, 0.3) is 10.9 Å². The van der Waals surface area contributed by atoms with Crippen LogP contribution in [0.2, 0.25) is 0 Å². The van der Waals surface area contributed by atoms with Crippen LogP contribution < -0.4 is 14.5 Å². The number of fused-ring (bicyclic) bond motifs is 1. The van der Waals surface area contributed by atoms with Gasteiger partial charge in [0.15, 0.2) is 0 Å². The Bertz CT molecular complexity index is 1560. The monoisotopic (exact) mass is 616 g/mol. The molecule has 2 N–H and O–H groups in total. The number of piperazine rings is 1. The third-order valence-electron chi connectivity index (χ3n) is 5.82. The van der Waals surface area contributed by atoms with E-state index in [1.807, 2.05) is 9.80 Å². The Morgan fingerprint density at radius 3 is 2.21 bits per heavy atom. The smallest absolute Gasteiger partial charge is 0.336 e. The molecule has 0 aliphatic carbocycles. The van der Waals surface area contributed by atoms with Gasteiger partial charge in [-0.3, -0.25) is 4.72 Å². The van der Waals surface area contributed by atoms with Gasteiger partial charge in [-0.25, -0.2) is 32.6 Å². The zero-order chi connectivity index (χ0) is 25.3. The van der Waals surface area contributed by atoms with Gasteiger partial charge in [-0.15, -0.1) is 37.2 Å². The molecule has 1 aliphatic rings. The molecule has 2 aromatic heterocycles. The van der Waals surface area contributed by atoms with Gasteiger partial charge in [0.05, 0.1) is 16.0 Å². The number of hydrogen-bond acceptors (Lipinski definition) is 8. The summed E-state index contributed by atoms with van der Waals surface area (Å²) in [5.41, 5.74) is 0.545. The van der Waals surface area contributed by atoms with E-state index in [0.717, 1.165) is 12.1 Å². The average Bonchev–Trinajstić information content (AvgIpc) is 2.88. The molecule has 0 bridgehead atoms. The number of rotatable bonds is 6. The molecule has 5 rings (SSSR count). The maximum absolute atomic E-state index is 13.5. The van der Waals surface area contributed by atoms with Crippen LogP contribution in [0.15, 0.2) is 71.9 Å². The molecule has 0 amide bonds. The number of anilines is 3. The number of aromatic nitrogens is 3. The highest BCUT2D eigenvalue weighted by Crippen LogP contribution is 2.28. The lowest BCUT2D eigenvalue weighted by Gasteiger charge is -2.35. The molecule has 39 heavy (non-hydrogen) atoms. The van der Waals surface area contributed by atoms with E-state index in [2.05, 4.69) is 19.7 Å². The molecule has 208 valence electrons. The van der Waals surface area contributed by atoms with Crippen LogP contribution in [0.3, 0.4) is 0 Å². The van der Waals surface area contributed by atoms with E-state index in [1.165, 1.54) is 30.3 Å². The zero-order valence-electron chi connectivity index (χ0n) is 20.1. The second kappa shape index (κ2) is 13.1. The van der Waals surface area contributed by atoms with Gasteiger partial charge < -0.3 is 14.9 Å². The van der Waals surface area contributed by atoms with Crippen molar-refractivity contribution in [3.63, 3.8) is 0 Å². The normalized spacial score (nSPS) is 13.1. The molecule has 2 aromatic carbocycles. The van der Waals surface area contributed by atoms with Crippen molar-refractivity contribution >= 4 is 81.6 Å². The van der Waals surface area contributed by atoms with E-state index in [-0.39, 0.29) is 58.8 Å². The summed E-state index contributed by atoms with van der Waals surface area (Å²) in [5, 5.41) is 10.2. The first-order valence-corrected chi connectivity index (χ1v) is 12.5. The number of hydrogen-bond donors (Lipinski definition) is 2. The maximum atomic E-state index is 13.5. The standard InChI is InChI=1S/C24H21FN6O4S.3ClH/c25-16-3-1-4-18(13-16)36(34,35)29-17-5-6-21-19(14-17)20(23(32)33)15-22(28-21)30-9-11-31(12-10-30)24-26-7-2-8-27-24;;;/h1-8,13-15,29H,9-12H2,(H,32,33);3*1H. The molecule has 1 aliphatic heterocycles. The predicted molar refractivity (Wildman–Crippen MR) is 154 cm³/mol. The van der Waals surface area contributed by atoms with Crippen LogP contribution in [0.5, 0.6) is 0 Å². The highest BCUT2D eigenvalue weighted by molar-refractivity contribution is 7.92. The average molecular weight is 618 g/mol. The molecule has 0 atom stereocenters. The van der Waals surface area contributed by atoms with Crippen molar-refractivity contribution in [2.24, 2.45) is 0 Å². The molecule has 1 saturated heterocycles. The third kappa shape index (κ3) is 6.95. The van der Waals surface area contributed by atoms with Gasteiger partial charge in [-0.1, -0.05) is 6.07 Å². The van der Waals surface area contributed by atoms with E-state index in [1.54, 1.807) is 24.5 Å². The summed E-state index contributed by atoms with van der Waals surface area (Å²) in [6.45, 7) is 2.49. The third-order valence-corrected chi connectivity index (χ3v) is 7.20. The van der Waals surface area contributed by atoms with Crippen molar-refractivity contribution in [1.29, 1.82) is 0 Å². The maximum Gasteiger partial charge on any atom is 0.336 e. The Balaban J connectivity index is 0.00000178. The minimum absolute atomic E-state index is 0. The van der Waals surface area contributed by atoms with Crippen LogP contribution in [0.1, 0.15) is 10.4 Å². The molecule has 1 fully saturated rings. The lowest BCUT2D eigenvalue weighted by molar-refractivity contribution is 0.0699. The number of aromatic carboxylic acids is 1. The molecule has 4 aromatic rings. The first-order valence-electron chi connectivity index (χ1n) is 11.0. The molecule has 0 unspecified atom stereocenters. The number of carboxylic acid groups (broad SMARTS) is 1. The van der Waals surface area contributed by atoms with Crippen molar-refractivity contribution < 1.29 is 22.7 Å². The first-order chi connectivity index (χ1) is 17.3. The van der Waals surface area contributed by atoms with Crippen molar-refractivity contribution in [2.75, 3.05) is 40.7 Å². The Kier molecular flexibility index (Phi) is 10.6. The van der Waals surface area contributed by atoms with Crippen molar-refractivity contribution in [3.05, 3.63) is 78.4 Å². The van der Waals surface area contributed by atoms with E-state index < -0.39 is 21.8 Å². The summed E-state index contributed by atoms with van der Waals surface area (Å²) < 4.78 is 41.2. The van der Waals surface area contributed by atoms with E-state index >= 15 is 0 Å². The summed E-state index contributed by atoms with van der Waals surface area (Å²) in [7, 11) is -4.07. The van der Waals surface area contributed by atoms with Gasteiger partial charge in [-0.05, 0) is 48.5 Å². The molecular formula is C24H24Cl3FN6O4S. The number of halogens is 4. The van der Waals surface area contributed by atoms with Gasteiger partial charge in [0.25, 0.3) is 10.0 Å². The summed E-state index contributed by atoms with van der Waals surface area (Å²) in [5.74, 6) is -0.687. The summed E-state index contributed by atoms with van der Waals surface area (Å²) >= 11 is 0. The summed E-state index contributed by atoms with van der Waals surface area (Å²) in [6, 6.07) is 12.3. The number of carboxylic acids is 1. The Labute approximate surface area is 242 Å². The van der Waals surface area contributed by atoms with Gasteiger partial charge in [-0.2, -0.15) is 0 Å². The van der Waals surface area contributed by atoms with Crippen molar-refractivity contribution in [1.82, 2.24) is 15.0 Å². The van der Waals surface area contributed by atoms with Gasteiger partial charge >= 0.3 is 5.97 Å². The molecule has 3 heterocycles. The fraction of sp³-hybridized carbons (Fsp3) is 0.167. The summed E-state index contributed by atoms with van der Waals surface area (Å²) in [4.78, 5) is 29.1. The van der Waals surface area contributed by atoms with Crippen LogP contribution >= 0.6 is 37.2 Å². The topological polar surface area (TPSA) is 129 Å². The minimum Gasteiger partial charge on any atom is -0.478 e. The Hall–Kier alpha value is -3.45. The quantitative estimate of drug-likeness (QED) is 0.326. The van der Waals surface area contributed by atoms with E-state index in [0.29, 0.717) is 43.5 Å².